The fourth-order valence-electron chi connectivity index (χ4n) is 2.25. The quantitative estimate of drug-likeness (QED) is 0.803. The molecule has 0 aromatic heterocycles. The number of hydrogen-bond donors (Lipinski definition) is 2. The smallest absolute Gasteiger partial charge is 0.258 e. The van der Waals surface area contributed by atoms with Crippen LogP contribution in [-0.2, 0) is 4.79 Å². The molecule has 0 radical (unpaired) electrons. The maximum absolute atomic E-state index is 11.8. The standard InChI is InChI=1S/C16H24N2O3/c1-2-10-20-14-5-7-15(8-6-14)21-12-16(19)18-13-4-3-9-17-11-13/h5-8,13,17H,2-4,9-12H2,1H3,(H,18,19). The van der Waals surface area contributed by atoms with Crippen molar-refractivity contribution in [3.8, 4) is 11.5 Å². The average Bonchev–Trinajstić information content (AvgIpc) is 2.53. The van der Waals surface area contributed by atoms with Gasteiger partial charge in [0.15, 0.2) is 6.61 Å². The van der Waals surface area contributed by atoms with E-state index in [1.54, 1.807) is 0 Å². The maximum atomic E-state index is 11.8. The number of carbonyl (C=O) groups is 1. The molecule has 1 fully saturated rings. The van der Waals surface area contributed by atoms with Gasteiger partial charge in [0.1, 0.15) is 11.5 Å². The second kappa shape index (κ2) is 8.52. The summed E-state index contributed by atoms with van der Waals surface area (Å²) >= 11 is 0. The highest BCUT2D eigenvalue weighted by molar-refractivity contribution is 5.77. The number of ether oxygens (including phenoxy) is 2. The molecule has 1 atom stereocenters. The summed E-state index contributed by atoms with van der Waals surface area (Å²) in [6.45, 7) is 4.70. The van der Waals surface area contributed by atoms with Crippen LogP contribution in [0.2, 0.25) is 0 Å². The van der Waals surface area contributed by atoms with Crippen molar-refractivity contribution in [1.29, 1.82) is 0 Å². The Morgan fingerprint density at radius 2 is 2.00 bits per heavy atom. The minimum atomic E-state index is -0.0741. The fourth-order valence-corrected chi connectivity index (χ4v) is 2.25. The van der Waals surface area contributed by atoms with Crippen molar-refractivity contribution in [2.45, 2.75) is 32.2 Å². The van der Waals surface area contributed by atoms with Crippen molar-refractivity contribution in [3.05, 3.63) is 24.3 Å². The number of carbonyl (C=O) groups excluding carboxylic acids is 1. The Hall–Kier alpha value is -1.75. The molecule has 1 aromatic rings. The van der Waals surface area contributed by atoms with Crippen molar-refractivity contribution in [2.24, 2.45) is 0 Å². The van der Waals surface area contributed by atoms with Crippen LogP contribution in [0.25, 0.3) is 0 Å². The van der Waals surface area contributed by atoms with E-state index in [-0.39, 0.29) is 18.6 Å². The Kier molecular flexibility index (Phi) is 6.34. The first-order valence-electron chi connectivity index (χ1n) is 7.63. The van der Waals surface area contributed by atoms with Crippen LogP contribution in [0.15, 0.2) is 24.3 Å². The third-order valence-electron chi connectivity index (χ3n) is 3.33. The molecule has 2 N–H and O–H groups in total. The zero-order chi connectivity index (χ0) is 14.9. The monoisotopic (exact) mass is 292 g/mol. The molecule has 0 aliphatic carbocycles. The molecule has 0 saturated carbocycles. The second-order valence-electron chi connectivity index (χ2n) is 5.22. The lowest BCUT2D eigenvalue weighted by molar-refractivity contribution is -0.123. The Balaban J connectivity index is 1.70. The minimum absolute atomic E-state index is 0.0473. The Morgan fingerprint density at radius 3 is 2.62 bits per heavy atom. The molecule has 5 heteroatoms. The van der Waals surface area contributed by atoms with Gasteiger partial charge in [0.2, 0.25) is 0 Å². The van der Waals surface area contributed by atoms with Gasteiger partial charge in [0.05, 0.1) is 6.61 Å². The van der Waals surface area contributed by atoms with E-state index < -0.39 is 0 Å². The number of rotatable bonds is 7. The Labute approximate surface area is 126 Å². The number of nitrogens with one attached hydrogen (secondary N) is 2. The molecule has 0 bridgehead atoms. The van der Waals surface area contributed by atoms with Crippen molar-refractivity contribution in [3.63, 3.8) is 0 Å². The summed E-state index contributed by atoms with van der Waals surface area (Å²) < 4.78 is 11.0. The third kappa shape index (κ3) is 5.63. The van der Waals surface area contributed by atoms with Crippen molar-refractivity contribution in [1.82, 2.24) is 10.6 Å². The molecule has 1 aliphatic rings. The molecule has 5 nitrogen and oxygen atoms in total. The molecular formula is C16H24N2O3. The van der Waals surface area contributed by atoms with Gasteiger partial charge in [-0.25, -0.2) is 0 Å². The summed E-state index contributed by atoms with van der Waals surface area (Å²) in [4.78, 5) is 11.8. The van der Waals surface area contributed by atoms with Gasteiger partial charge in [-0.05, 0) is 50.1 Å². The van der Waals surface area contributed by atoms with Gasteiger partial charge in [0, 0.05) is 12.6 Å². The van der Waals surface area contributed by atoms with Gasteiger partial charge in [-0.3, -0.25) is 4.79 Å². The van der Waals surface area contributed by atoms with Crippen LogP contribution < -0.4 is 20.1 Å². The van der Waals surface area contributed by atoms with E-state index in [9.17, 15) is 4.79 Å². The first-order valence-corrected chi connectivity index (χ1v) is 7.63. The molecule has 1 unspecified atom stereocenters. The number of piperidine rings is 1. The third-order valence-corrected chi connectivity index (χ3v) is 3.33. The lowest BCUT2D eigenvalue weighted by atomic mass is 10.1. The summed E-state index contributed by atoms with van der Waals surface area (Å²) in [6.07, 6.45) is 3.11. The highest BCUT2D eigenvalue weighted by Gasteiger charge is 2.15. The normalized spacial score (nSPS) is 18.0. The van der Waals surface area contributed by atoms with Gasteiger partial charge in [0.25, 0.3) is 5.91 Å². The van der Waals surface area contributed by atoms with Crippen molar-refractivity contribution >= 4 is 5.91 Å². The zero-order valence-corrected chi connectivity index (χ0v) is 12.6. The summed E-state index contributed by atoms with van der Waals surface area (Å²) in [6, 6.07) is 7.57. The van der Waals surface area contributed by atoms with E-state index in [1.807, 2.05) is 24.3 Å². The molecule has 1 saturated heterocycles. The van der Waals surface area contributed by atoms with Crippen molar-refractivity contribution < 1.29 is 14.3 Å². The number of hydrogen-bond acceptors (Lipinski definition) is 4. The van der Waals surface area contributed by atoms with Crippen molar-refractivity contribution in [2.75, 3.05) is 26.3 Å². The Bertz CT molecular complexity index is 428. The van der Waals surface area contributed by atoms with Gasteiger partial charge in [-0.15, -0.1) is 0 Å². The highest BCUT2D eigenvalue weighted by atomic mass is 16.5. The molecule has 2 rings (SSSR count). The second-order valence-corrected chi connectivity index (χ2v) is 5.22. The first-order chi connectivity index (χ1) is 10.3. The average molecular weight is 292 g/mol. The number of amides is 1. The van der Waals surface area contributed by atoms with E-state index in [1.165, 1.54) is 0 Å². The topological polar surface area (TPSA) is 59.6 Å². The minimum Gasteiger partial charge on any atom is -0.494 e. The van der Waals surface area contributed by atoms with E-state index in [4.69, 9.17) is 9.47 Å². The molecule has 1 amide bonds. The van der Waals surface area contributed by atoms with Crippen LogP contribution in [-0.4, -0.2) is 38.3 Å². The predicted molar refractivity (Wildman–Crippen MR) is 81.8 cm³/mol. The molecule has 1 aromatic carbocycles. The van der Waals surface area contributed by atoms with Crippen LogP contribution in [0, 0.1) is 0 Å². The Morgan fingerprint density at radius 1 is 1.29 bits per heavy atom. The van der Waals surface area contributed by atoms with Crippen LogP contribution in [0.1, 0.15) is 26.2 Å². The van der Waals surface area contributed by atoms with E-state index >= 15 is 0 Å². The molecular weight excluding hydrogens is 268 g/mol. The molecule has 21 heavy (non-hydrogen) atoms. The summed E-state index contributed by atoms with van der Waals surface area (Å²) in [5.74, 6) is 1.42. The lowest BCUT2D eigenvalue weighted by Crippen LogP contribution is -2.46. The molecule has 0 spiro atoms. The molecule has 116 valence electrons. The van der Waals surface area contributed by atoms with Gasteiger partial charge in [-0.2, -0.15) is 0 Å². The fraction of sp³-hybridized carbons (Fsp3) is 0.562. The molecule has 1 heterocycles. The largest absolute Gasteiger partial charge is 0.494 e. The molecule has 1 aliphatic heterocycles. The van der Waals surface area contributed by atoms with Crippen LogP contribution in [0.4, 0.5) is 0 Å². The summed E-state index contributed by atoms with van der Waals surface area (Å²) in [7, 11) is 0. The van der Waals surface area contributed by atoms with Crippen LogP contribution in [0.5, 0.6) is 11.5 Å². The summed E-state index contributed by atoms with van der Waals surface area (Å²) in [5, 5.41) is 6.24. The predicted octanol–water partition coefficient (Wildman–Crippen LogP) is 1.72. The lowest BCUT2D eigenvalue weighted by Gasteiger charge is -2.23. The van der Waals surface area contributed by atoms with Gasteiger partial charge >= 0.3 is 0 Å². The maximum Gasteiger partial charge on any atom is 0.258 e. The van der Waals surface area contributed by atoms with Gasteiger partial charge in [-0.1, -0.05) is 6.92 Å². The van der Waals surface area contributed by atoms with Crippen LogP contribution >= 0.6 is 0 Å². The highest BCUT2D eigenvalue weighted by Crippen LogP contribution is 2.17. The van der Waals surface area contributed by atoms with Crippen LogP contribution in [0.3, 0.4) is 0 Å². The first kappa shape index (κ1) is 15.6. The van der Waals surface area contributed by atoms with E-state index in [2.05, 4.69) is 17.6 Å². The van der Waals surface area contributed by atoms with E-state index in [0.29, 0.717) is 12.4 Å². The zero-order valence-electron chi connectivity index (χ0n) is 12.6. The number of benzene rings is 1. The SMILES string of the molecule is CCCOc1ccc(OCC(=O)NC2CCCNC2)cc1. The van der Waals surface area contributed by atoms with E-state index in [0.717, 1.165) is 38.1 Å². The summed E-state index contributed by atoms with van der Waals surface area (Å²) in [5.41, 5.74) is 0. The van der Waals surface area contributed by atoms with Gasteiger partial charge < -0.3 is 20.1 Å².